The summed E-state index contributed by atoms with van der Waals surface area (Å²) < 4.78 is 30.5. The first kappa shape index (κ1) is 8.50. The van der Waals surface area contributed by atoms with Gasteiger partial charge in [0.05, 0.1) is 0 Å². The van der Waals surface area contributed by atoms with Gasteiger partial charge in [-0.2, -0.15) is 0 Å². The van der Waals surface area contributed by atoms with Gasteiger partial charge < -0.3 is 4.42 Å². The molecule has 0 aliphatic heterocycles. The average Bonchev–Trinajstić information content (AvgIpc) is 2.48. The summed E-state index contributed by atoms with van der Waals surface area (Å²) >= 11 is 1.28. The number of fused-ring (bicyclic) bond motifs is 1. The molecule has 0 saturated heterocycles. The average molecular weight is 201 g/mol. The quantitative estimate of drug-likeness (QED) is 0.663. The second-order valence-electron chi connectivity index (χ2n) is 2.42. The van der Waals surface area contributed by atoms with Gasteiger partial charge in [-0.05, 0) is 6.26 Å². The van der Waals surface area contributed by atoms with Gasteiger partial charge in [-0.3, -0.25) is 0 Å². The van der Waals surface area contributed by atoms with Crippen LogP contribution >= 0.6 is 11.8 Å². The van der Waals surface area contributed by atoms with Crippen LogP contribution in [0, 0.1) is 11.6 Å². The van der Waals surface area contributed by atoms with Crippen LogP contribution in [0.25, 0.3) is 11.1 Å². The number of aromatic nitrogens is 1. The molecule has 2 rings (SSSR count). The van der Waals surface area contributed by atoms with Crippen LogP contribution in [0.3, 0.4) is 0 Å². The van der Waals surface area contributed by atoms with Crippen molar-refractivity contribution >= 4 is 22.9 Å². The first-order valence-electron chi connectivity index (χ1n) is 3.50. The maximum atomic E-state index is 12.7. The van der Waals surface area contributed by atoms with E-state index in [1.165, 1.54) is 11.8 Å². The number of nitrogens with zero attached hydrogens (tertiary/aromatic N) is 1. The van der Waals surface area contributed by atoms with E-state index in [1.54, 1.807) is 6.26 Å². The van der Waals surface area contributed by atoms with E-state index in [0.717, 1.165) is 12.1 Å². The third-order valence-electron chi connectivity index (χ3n) is 1.59. The number of thioether (sulfide) groups is 1. The van der Waals surface area contributed by atoms with E-state index in [2.05, 4.69) is 4.98 Å². The highest BCUT2D eigenvalue weighted by Gasteiger charge is 2.09. The summed E-state index contributed by atoms with van der Waals surface area (Å²) in [5.74, 6) is -1.83. The van der Waals surface area contributed by atoms with Crippen molar-refractivity contribution in [3.63, 3.8) is 0 Å². The highest BCUT2D eigenvalue weighted by atomic mass is 32.2. The molecule has 2 nitrogen and oxygen atoms in total. The van der Waals surface area contributed by atoms with Crippen molar-refractivity contribution in [2.24, 2.45) is 0 Å². The summed E-state index contributed by atoms with van der Waals surface area (Å²) in [6, 6.07) is 2.02. The molecule has 0 fully saturated rings. The largest absolute Gasteiger partial charge is 0.431 e. The van der Waals surface area contributed by atoms with Crippen LogP contribution in [-0.4, -0.2) is 11.2 Å². The molecule has 0 N–H and O–H groups in total. The van der Waals surface area contributed by atoms with Gasteiger partial charge in [0.2, 0.25) is 0 Å². The van der Waals surface area contributed by atoms with E-state index in [1.807, 2.05) is 0 Å². The van der Waals surface area contributed by atoms with Crippen molar-refractivity contribution in [2.45, 2.75) is 5.22 Å². The third-order valence-corrected chi connectivity index (χ3v) is 2.11. The molecule has 5 heteroatoms. The van der Waals surface area contributed by atoms with Crippen LogP contribution in [0.2, 0.25) is 0 Å². The molecule has 1 aromatic carbocycles. The smallest absolute Gasteiger partial charge is 0.256 e. The Balaban J connectivity index is 2.70. The van der Waals surface area contributed by atoms with E-state index in [9.17, 15) is 8.78 Å². The molecule has 0 bridgehead atoms. The van der Waals surface area contributed by atoms with E-state index in [-0.39, 0.29) is 5.58 Å². The normalized spacial score (nSPS) is 11.0. The highest BCUT2D eigenvalue weighted by molar-refractivity contribution is 7.98. The summed E-state index contributed by atoms with van der Waals surface area (Å²) in [7, 11) is 0. The summed E-state index contributed by atoms with van der Waals surface area (Å²) in [4.78, 5) is 3.92. The molecule has 0 aliphatic rings. The fourth-order valence-corrected chi connectivity index (χ4v) is 1.35. The van der Waals surface area contributed by atoms with Crippen molar-refractivity contribution in [2.75, 3.05) is 6.26 Å². The maximum absolute atomic E-state index is 12.7. The Bertz CT molecular complexity index is 416. The molecule has 0 amide bonds. The second kappa shape index (κ2) is 2.99. The van der Waals surface area contributed by atoms with Crippen molar-refractivity contribution in [1.29, 1.82) is 0 Å². The molecule has 1 aromatic heterocycles. The van der Waals surface area contributed by atoms with Crippen molar-refractivity contribution in [3.8, 4) is 0 Å². The lowest BCUT2D eigenvalue weighted by molar-refractivity contribution is 0.482. The van der Waals surface area contributed by atoms with Gasteiger partial charge in [-0.1, -0.05) is 11.8 Å². The molecular weight excluding hydrogens is 196 g/mol. The Morgan fingerprint density at radius 1 is 1.31 bits per heavy atom. The van der Waals surface area contributed by atoms with Gasteiger partial charge in [0, 0.05) is 12.1 Å². The zero-order chi connectivity index (χ0) is 9.42. The Labute approximate surface area is 76.9 Å². The lowest BCUT2D eigenvalue weighted by atomic mass is 10.3. The zero-order valence-electron chi connectivity index (χ0n) is 6.67. The molecule has 0 unspecified atom stereocenters. The molecule has 68 valence electrons. The van der Waals surface area contributed by atoms with Crippen LogP contribution in [0.1, 0.15) is 0 Å². The number of hydrogen-bond acceptors (Lipinski definition) is 3. The Morgan fingerprint density at radius 2 is 2.00 bits per heavy atom. The molecule has 13 heavy (non-hydrogen) atoms. The van der Waals surface area contributed by atoms with Gasteiger partial charge in [-0.15, -0.1) is 0 Å². The number of benzene rings is 1. The Morgan fingerprint density at radius 3 is 2.69 bits per heavy atom. The molecule has 0 aliphatic carbocycles. The molecule has 0 saturated carbocycles. The first-order chi connectivity index (χ1) is 6.20. The molecule has 1 heterocycles. The van der Waals surface area contributed by atoms with Gasteiger partial charge in [0.15, 0.2) is 17.2 Å². The fourth-order valence-electron chi connectivity index (χ4n) is 0.990. The topological polar surface area (TPSA) is 26.0 Å². The van der Waals surface area contributed by atoms with E-state index >= 15 is 0 Å². The zero-order valence-corrected chi connectivity index (χ0v) is 7.49. The maximum Gasteiger partial charge on any atom is 0.256 e. The van der Waals surface area contributed by atoms with E-state index in [0.29, 0.717) is 10.7 Å². The molecule has 0 radical (unpaired) electrons. The minimum atomic E-state index is -0.920. The number of hydrogen-bond donors (Lipinski definition) is 0. The molecule has 0 spiro atoms. The minimum Gasteiger partial charge on any atom is -0.431 e. The summed E-state index contributed by atoms with van der Waals surface area (Å²) in [5, 5.41) is 0.403. The number of rotatable bonds is 1. The molecular formula is C8H5F2NOS. The van der Waals surface area contributed by atoms with Crippen molar-refractivity contribution < 1.29 is 13.2 Å². The van der Waals surface area contributed by atoms with Crippen LogP contribution in [-0.2, 0) is 0 Å². The van der Waals surface area contributed by atoms with Crippen LogP contribution in [0.5, 0.6) is 0 Å². The molecule has 2 aromatic rings. The van der Waals surface area contributed by atoms with Crippen molar-refractivity contribution in [3.05, 3.63) is 23.8 Å². The summed E-state index contributed by atoms with van der Waals surface area (Å²) in [6.07, 6.45) is 1.78. The Kier molecular flexibility index (Phi) is 1.95. The van der Waals surface area contributed by atoms with Crippen molar-refractivity contribution in [1.82, 2.24) is 4.98 Å². The number of oxazole rings is 1. The van der Waals surface area contributed by atoms with Gasteiger partial charge in [0.25, 0.3) is 5.22 Å². The van der Waals surface area contributed by atoms with Gasteiger partial charge in [-0.25, -0.2) is 13.8 Å². The highest BCUT2D eigenvalue weighted by Crippen LogP contribution is 2.23. The predicted molar refractivity (Wildman–Crippen MR) is 45.7 cm³/mol. The first-order valence-corrected chi connectivity index (χ1v) is 4.73. The minimum absolute atomic E-state index is 0.267. The monoisotopic (exact) mass is 201 g/mol. The van der Waals surface area contributed by atoms with Gasteiger partial charge in [0.1, 0.15) is 5.52 Å². The third kappa shape index (κ3) is 1.39. The summed E-state index contributed by atoms with van der Waals surface area (Å²) in [5.41, 5.74) is 0.603. The van der Waals surface area contributed by atoms with Crippen LogP contribution in [0.4, 0.5) is 8.78 Å². The van der Waals surface area contributed by atoms with Crippen LogP contribution in [0.15, 0.2) is 21.8 Å². The Hall–Kier alpha value is -1.10. The summed E-state index contributed by atoms with van der Waals surface area (Å²) in [6.45, 7) is 0. The second-order valence-corrected chi connectivity index (χ2v) is 3.18. The van der Waals surface area contributed by atoms with Crippen LogP contribution < -0.4 is 0 Å². The van der Waals surface area contributed by atoms with Gasteiger partial charge >= 0.3 is 0 Å². The van der Waals surface area contributed by atoms with E-state index in [4.69, 9.17) is 4.42 Å². The lowest BCUT2D eigenvalue weighted by Crippen LogP contribution is -1.81. The standard InChI is InChI=1S/C8H5F2NOS/c1-13-8-11-6-2-4(9)5(10)3-7(6)12-8/h2-3H,1H3. The number of halogens is 2. The lowest BCUT2D eigenvalue weighted by Gasteiger charge is -1.89. The predicted octanol–water partition coefficient (Wildman–Crippen LogP) is 2.83. The molecule has 0 atom stereocenters. The SMILES string of the molecule is CSc1nc2cc(F)c(F)cc2o1. The van der Waals surface area contributed by atoms with E-state index < -0.39 is 11.6 Å². The fraction of sp³-hybridized carbons (Fsp3) is 0.125.